The normalized spacial score (nSPS) is 10.7. The second-order valence-electron chi connectivity index (χ2n) is 5.34. The van der Waals surface area contributed by atoms with Gasteiger partial charge in [0.25, 0.3) is 0 Å². The summed E-state index contributed by atoms with van der Waals surface area (Å²) >= 11 is 1.49. The maximum atomic E-state index is 10.8. The van der Waals surface area contributed by atoms with Gasteiger partial charge in [0.15, 0.2) is 0 Å². The molecule has 5 heteroatoms. The highest BCUT2D eigenvalue weighted by Crippen LogP contribution is 2.22. The molecule has 0 bridgehead atoms. The molecule has 2 rings (SSSR count). The molecule has 0 saturated carbocycles. The highest BCUT2D eigenvalue weighted by Gasteiger charge is 2.11. The largest absolute Gasteiger partial charge is 0.493 e. The molecular weight excluding hydrogens is 298 g/mol. The van der Waals surface area contributed by atoms with E-state index in [1.54, 1.807) is 0 Å². The van der Waals surface area contributed by atoms with Crippen molar-refractivity contribution in [3.63, 3.8) is 0 Å². The number of aryl methyl sites for hydroxylation is 3. The van der Waals surface area contributed by atoms with E-state index < -0.39 is 5.97 Å². The molecule has 1 aromatic carbocycles. The first-order chi connectivity index (χ1) is 10.5. The Labute approximate surface area is 134 Å². The average molecular weight is 319 g/mol. The molecule has 0 aliphatic rings. The lowest BCUT2D eigenvalue weighted by atomic mass is 10.1. The van der Waals surface area contributed by atoms with Crippen LogP contribution >= 0.6 is 11.3 Å². The van der Waals surface area contributed by atoms with Gasteiger partial charge in [-0.25, -0.2) is 4.98 Å². The van der Waals surface area contributed by atoms with E-state index in [1.807, 2.05) is 19.1 Å². The third-order valence-corrected chi connectivity index (χ3v) is 4.81. The minimum atomic E-state index is -0.809. The molecule has 0 spiro atoms. The zero-order chi connectivity index (χ0) is 16.1. The Morgan fingerprint density at radius 2 is 2.09 bits per heavy atom. The van der Waals surface area contributed by atoms with Crippen molar-refractivity contribution >= 4 is 17.3 Å². The summed E-state index contributed by atoms with van der Waals surface area (Å²) in [6.07, 6.45) is 1.74. The third-order valence-electron chi connectivity index (χ3n) is 3.60. The quantitative estimate of drug-likeness (QED) is 0.790. The second-order valence-corrected chi connectivity index (χ2v) is 6.50. The Kier molecular flexibility index (Phi) is 5.55. The second kappa shape index (κ2) is 7.40. The number of thiazole rings is 1. The summed E-state index contributed by atoms with van der Waals surface area (Å²) in [4.78, 5) is 16.1. The summed E-state index contributed by atoms with van der Waals surface area (Å²) in [6.45, 7) is 6.64. The monoisotopic (exact) mass is 319 g/mol. The zero-order valence-corrected chi connectivity index (χ0v) is 14.0. The number of carboxylic acids is 1. The maximum absolute atomic E-state index is 10.8. The molecule has 4 nitrogen and oxygen atoms in total. The van der Waals surface area contributed by atoms with Crippen LogP contribution in [0.25, 0.3) is 0 Å². The van der Waals surface area contributed by atoms with E-state index in [0.717, 1.165) is 34.2 Å². The van der Waals surface area contributed by atoms with Crippen molar-refractivity contribution in [1.29, 1.82) is 0 Å². The molecule has 118 valence electrons. The fourth-order valence-corrected chi connectivity index (χ4v) is 3.29. The number of hydrogen-bond acceptors (Lipinski definition) is 4. The lowest BCUT2D eigenvalue weighted by molar-refractivity contribution is -0.136. The van der Waals surface area contributed by atoms with E-state index in [0.29, 0.717) is 6.61 Å². The van der Waals surface area contributed by atoms with E-state index in [2.05, 4.69) is 24.9 Å². The van der Waals surface area contributed by atoms with E-state index in [-0.39, 0.29) is 6.42 Å². The molecule has 0 aliphatic heterocycles. The maximum Gasteiger partial charge on any atom is 0.308 e. The Morgan fingerprint density at radius 1 is 1.32 bits per heavy atom. The first kappa shape index (κ1) is 16.5. The summed E-state index contributed by atoms with van der Waals surface area (Å²) in [5, 5.41) is 9.83. The Morgan fingerprint density at radius 3 is 2.82 bits per heavy atom. The van der Waals surface area contributed by atoms with Crippen LogP contribution in [0.2, 0.25) is 0 Å². The van der Waals surface area contributed by atoms with Gasteiger partial charge < -0.3 is 9.84 Å². The number of hydrogen-bond donors (Lipinski definition) is 1. The van der Waals surface area contributed by atoms with Crippen LogP contribution in [0.1, 0.15) is 33.1 Å². The van der Waals surface area contributed by atoms with Gasteiger partial charge in [0.1, 0.15) is 5.75 Å². The summed E-state index contributed by atoms with van der Waals surface area (Å²) in [7, 11) is 0. The number of ether oxygens (including phenoxy) is 1. The van der Waals surface area contributed by atoms with Crippen molar-refractivity contribution in [3.8, 4) is 5.75 Å². The van der Waals surface area contributed by atoms with Crippen LogP contribution in [-0.2, 0) is 17.6 Å². The molecule has 0 saturated heterocycles. The lowest BCUT2D eigenvalue weighted by Crippen LogP contribution is -2.01. The number of carbonyl (C=O) groups is 1. The molecule has 22 heavy (non-hydrogen) atoms. The number of aromatic nitrogens is 1. The molecular formula is C17H21NO3S. The molecule has 1 N–H and O–H groups in total. The first-order valence-electron chi connectivity index (χ1n) is 7.33. The van der Waals surface area contributed by atoms with Gasteiger partial charge in [0.2, 0.25) is 0 Å². The van der Waals surface area contributed by atoms with Crippen molar-refractivity contribution in [3.05, 3.63) is 44.9 Å². The van der Waals surface area contributed by atoms with Crippen LogP contribution < -0.4 is 4.74 Å². The van der Waals surface area contributed by atoms with E-state index in [1.165, 1.54) is 22.5 Å². The predicted molar refractivity (Wildman–Crippen MR) is 87.9 cm³/mol. The number of nitrogens with zero attached hydrogens (tertiary/aromatic N) is 1. The van der Waals surface area contributed by atoms with Crippen molar-refractivity contribution in [2.45, 2.75) is 40.0 Å². The summed E-state index contributed by atoms with van der Waals surface area (Å²) in [5.41, 5.74) is 3.24. The van der Waals surface area contributed by atoms with Gasteiger partial charge in [-0.05, 0) is 44.4 Å². The van der Waals surface area contributed by atoms with Crippen LogP contribution in [0, 0.1) is 20.8 Å². The van der Waals surface area contributed by atoms with Gasteiger partial charge >= 0.3 is 5.97 Å². The van der Waals surface area contributed by atoms with Crippen LogP contribution in [0.5, 0.6) is 5.75 Å². The molecule has 0 fully saturated rings. The summed E-state index contributed by atoms with van der Waals surface area (Å²) < 4.78 is 5.82. The van der Waals surface area contributed by atoms with Crippen molar-refractivity contribution < 1.29 is 14.6 Å². The van der Waals surface area contributed by atoms with Gasteiger partial charge in [0, 0.05) is 11.3 Å². The molecule has 2 aromatic rings. The molecule has 1 aromatic heterocycles. The Hall–Kier alpha value is -1.88. The van der Waals surface area contributed by atoms with Gasteiger partial charge in [-0.15, -0.1) is 11.3 Å². The fourth-order valence-electron chi connectivity index (χ4n) is 2.18. The van der Waals surface area contributed by atoms with Crippen molar-refractivity contribution in [2.24, 2.45) is 0 Å². The van der Waals surface area contributed by atoms with Gasteiger partial charge in [0.05, 0.1) is 23.7 Å². The average Bonchev–Trinajstić information content (AvgIpc) is 2.79. The van der Waals surface area contributed by atoms with E-state index in [4.69, 9.17) is 9.84 Å². The van der Waals surface area contributed by atoms with E-state index in [9.17, 15) is 4.79 Å². The SMILES string of the molecule is Cc1cccc(OCCCc2nc(C)c(CC(=O)O)s2)c1C. The third kappa shape index (κ3) is 4.31. The van der Waals surface area contributed by atoms with Crippen molar-refractivity contribution in [1.82, 2.24) is 4.98 Å². The standard InChI is InChI=1S/C17H21NO3S/c1-11-6-4-7-14(12(11)2)21-9-5-8-16-18-13(3)15(22-16)10-17(19)20/h4,6-7H,5,8-10H2,1-3H3,(H,19,20). The molecule has 0 aliphatic carbocycles. The van der Waals surface area contributed by atoms with Crippen molar-refractivity contribution in [2.75, 3.05) is 6.61 Å². The fraction of sp³-hybridized carbons (Fsp3) is 0.412. The van der Waals surface area contributed by atoms with Crippen LogP contribution in [0.4, 0.5) is 0 Å². The molecule has 1 heterocycles. The minimum Gasteiger partial charge on any atom is -0.493 e. The first-order valence-corrected chi connectivity index (χ1v) is 8.15. The smallest absolute Gasteiger partial charge is 0.308 e. The molecule has 0 atom stereocenters. The van der Waals surface area contributed by atoms with Crippen LogP contribution in [0.3, 0.4) is 0 Å². The Bertz CT molecular complexity index is 664. The highest BCUT2D eigenvalue weighted by molar-refractivity contribution is 7.11. The molecule has 0 amide bonds. The predicted octanol–water partition coefficient (Wildman–Crippen LogP) is 3.71. The van der Waals surface area contributed by atoms with Gasteiger partial charge in [-0.1, -0.05) is 12.1 Å². The van der Waals surface area contributed by atoms with Crippen LogP contribution in [0.15, 0.2) is 18.2 Å². The minimum absolute atomic E-state index is 0.0580. The van der Waals surface area contributed by atoms with Crippen LogP contribution in [-0.4, -0.2) is 22.7 Å². The number of benzene rings is 1. The van der Waals surface area contributed by atoms with Gasteiger partial charge in [-0.2, -0.15) is 0 Å². The topological polar surface area (TPSA) is 59.4 Å². The zero-order valence-electron chi connectivity index (χ0n) is 13.2. The summed E-state index contributed by atoms with van der Waals surface area (Å²) in [5.74, 6) is 0.124. The summed E-state index contributed by atoms with van der Waals surface area (Å²) in [6, 6.07) is 6.06. The Balaban J connectivity index is 1.84. The lowest BCUT2D eigenvalue weighted by Gasteiger charge is -2.10. The molecule has 0 radical (unpaired) electrons. The number of aliphatic carboxylic acids is 1. The van der Waals surface area contributed by atoms with E-state index >= 15 is 0 Å². The number of carboxylic acid groups (broad SMARTS) is 1. The highest BCUT2D eigenvalue weighted by atomic mass is 32.1. The van der Waals surface area contributed by atoms with Gasteiger partial charge in [-0.3, -0.25) is 4.79 Å². The molecule has 0 unspecified atom stereocenters. The number of rotatable bonds is 7.